The Morgan fingerprint density at radius 1 is 1.27 bits per heavy atom. The van der Waals surface area contributed by atoms with Crippen LogP contribution in [0.2, 0.25) is 0 Å². The zero-order chi connectivity index (χ0) is 20.8. The molecule has 2 aromatic heterocycles. The lowest BCUT2D eigenvalue weighted by molar-refractivity contribution is 0.189. The van der Waals surface area contributed by atoms with Crippen molar-refractivity contribution >= 4 is 5.82 Å². The van der Waals surface area contributed by atoms with E-state index in [0.29, 0.717) is 25.7 Å². The molecule has 0 spiro atoms. The van der Waals surface area contributed by atoms with Gasteiger partial charge in [0.25, 0.3) is 0 Å². The van der Waals surface area contributed by atoms with Gasteiger partial charge in [-0.2, -0.15) is 10.1 Å². The Bertz CT molecular complexity index is 1150. The minimum absolute atomic E-state index is 0.0790. The molecule has 3 aromatic rings. The third-order valence-electron chi connectivity index (χ3n) is 4.98. The lowest BCUT2D eigenvalue weighted by Gasteiger charge is -2.15. The average Bonchev–Trinajstić information content (AvgIpc) is 3.40. The van der Waals surface area contributed by atoms with E-state index in [1.54, 1.807) is 17.7 Å². The number of aromatic nitrogens is 4. The molecule has 1 fully saturated rings. The van der Waals surface area contributed by atoms with E-state index in [2.05, 4.69) is 10.1 Å². The molecule has 0 unspecified atom stereocenters. The highest BCUT2D eigenvalue weighted by molar-refractivity contribution is 5.47. The minimum atomic E-state index is -0.878. The Hall–Kier alpha value is -3.47. The first-order chi connectivity index (χ1) is 14.5. The number of hydrogen-bond donors (Lipinski definition) is 0. The van der Waals surface area contributed by atoms with Gasteiger partial charge in [0.05, 0.1) is 31.6 Å². The summed E-state index contributed by atoms with van der Waals surface area (Å²) in [5.41, 5.74) is -0.206. The van der Waals surface area contributed by atoms with E-state index in [9.17, 15) is 13.6 Å². The lowest BCUT2D eigenvalue weighted by atomic mass is 10.2. The van der Waals surface area contributed by atoms with Crippen molar-refractivity contribution in [3.8, 4) is 17.4 Å². The standard InChI is InChI=1S/C19H17F2N5O4/c1-24-7-13(5-22-24)30-18-14(20)2-11(3-15(18)21)8-29-16-4-17-25(19(27)23-16)6-12-9-28-10-26(12)17/h2-5,7,12H,6,8-10H2,1H3/t12-/m1/s1. The molecular formula is C19H17F2N5O4. The molecule has 5 rings (SSSR count). The van der Waals surface area contributed by atoms with Crippen LogP contribution in [-0.2, 0) is 24.9 Å². The Morgan fingerprint density at radius 3 is 2.80 bits per heavy atom. The van der Waals surface area contributed by atoms with Gasteiger partial charge in [-0.15, -0.1) is 0 Å². The first kappa shape index (κ1) is 18.6. The van der Waals surface area contributed by atoms with Gasteiger partial charge in [-0.3, -0.25) is 9.25 Å². The Morgan fingerprint density at radius 2 is 2.07 bits per heavy atom. The maximum Gasteiger partial charge on any atom is 0.352 e. The summed E-state index contributed by atoms with van der Waals surface area (Å²) in [5.74, 6) is -1.33. The predicted molar refractivity (Wildman–Crippen MR) is 99.6 cm³/mol. The summed E-state index contributed by atoms with van der Waals surface area (Å²) < 4.78 is 48.0. The fourth-order valence-corrected chi connectivity index (χ4v) is 3.57. The molecule has 4 heterocycles. The van der Waals surface area contributed by atoms with Crippen LogP contribution in [0.5, 0.6) is 17.4 Å². The zero-order valence-corrected chi connectivity index (χ0v) is 15.9. The third-order valence-corrected chi connectivity index (χ3v) is 4.98. The van der Waals surface area contributed by atoms with E-state index in [4.69, 9.17) is 14.2 Å². The van der Waals surface area contributed by atoms with Crippen molar-refractivity contribution in [1.82, 2.24) is 19.3 Å². The first-order valence-corrected chi connectivity index (χ1v) is 9.21. The summed E-state index contributed by atoms with van der Waals surface area (Å²) in [6.07, 6.45) is 2.84. The second kappa shape index (κ2) is 7.10. The molecule has 1 aromatic carbocycles. The van der Waals surface area contributed by atoms with E-state index in [1.807, 2.05) is 4.90 Å². The van der Waals surface area contributed by atoms with Crippen molar-refractivity contribution in [3.05, 3.63) is 58.3 Å². The molecule has 156 valence electrons. The van der Waals surface area contributed by atoms with Gasteiger partial charge in [0, 0.05) is 13.1 Å². The van der Waals surface area contributed by atoms with Gasteiger partial charge in [0.1, 0.15) is 19.2 Å². The topological polar surface area (TPSA) is 83.6 Å². The summed E-state index contributed by atoms with van der Waals surface area (Å²) in [7, 11) is 1.66. The van der Waals surface area contributed by atoms with E-state index in [-0.39, 0.29) is 29.8 Å². The summed E-state index contributed by atoms with van der Waals surface area (Å²) in [5, 5.41) is 3.89. The molecule has 0 saturated carbocycles. The van der Waals surface area contributed by atoms with E-state index >= 15 is 0 Å². The Balaban J connectivity index is 1.33. The Kier molecular flexibility index (Phi) is 4.39. The molecule has 0 N–H and O–H groups in total. The van der Waals surface area contributed by atoms with Gasteiger partial charge in [0.15, 0.2) is 23.1 Å². The molecule has 0 bridgehead atoms. The summed E-state index contributed by atoms with van der Waals surface area (Å²) in [4.78, 5) is 18.1. The SMILES string of the molecule is Cn1cc(Oc2c(F)cc(COc3cc4n(c(=O)n3)C[C@@H]3COCN43)cc2F)cn1. The first-order valence-electron chi connectivity index (χ1n) is 9.21. The molecule has 2 aliphatic rings. The molecular weight excluding hydrogens is 400 g/mol. The molecule has 30 heavy (non-hydrogen) atoms. The maximum absolute atomic E-state index is 14.4. The number of ether oxygens (including phenoxy) is 3. The monoisotopic (exact) mass is 417 g/mol. The molecule has 2 aliphatic heterocycles. The second-order valence-electron chi connectivity index (χ2n) is 7.10. The molecule has 9 nitrogen and oxygen atoms in total. The molecule has 1 saturated heterocycles. The predicted octanol–water partition coefficient (Wildman–Crippen LogP) is 1.80. The van der Waals surface area contributed by atoms with Gasteiger partial charge < -0.3 is 19.1 Å². The summed E-state index contributed by atoms with van der Waals surface area (Å²) in [6.45, 7) is 1.28. The number of rotatable bonds is 5. The highest BCUT2D eigenvalue weighted by Gasteiger charge is 2.35. The van der Waals surface area contributed by atoms with Gasteiger partial charge in [0.2, 0.25) is 5.88 Å². The Labute approximate surface area is 169 Å². The number of aryl methyl sites for hydroxylation is 1. The van der Waals surface area contributed by atoms with E-state index in [1.165, 1.54) is 17.1 Å². The van der Waals surface area contributed by atoms with Crippen molar-refractivity contribution < 1.29 is 23.0 Å². The molecule has 1 atom stereocenters. The van der Waals surface area contributed by atoms with Gasteiger partial charge in [-0.05, 0) is 17.7 Å². The van der Waals surface area contributed by atoms with E-state index in [0.717, 1.165) is 12.1 Å². The number of hydrogen-bond acceptors (Lipinski definition) is 7. The van der Waals surface area contributed by atoms with Gasteiger partial charge >= 0.3 is 5.69 Å². The summed E-state index contributed by atoms with van der Waals surface area (Å²) >= 11 is 0. The van der Waals surface area contributed by atoms with E-state index < -0.39 is 23.1 Å². The van der Waals surface area contributed by atoms with Crippen LogP contribution in [0.15, 0.2) is 35.4 Å². The number of halogens is 2. The van der Waals surface area contributed by atoms with Crippen LogP contribution < -0.4 is 20.1 Å². The van der Waals surface area contributed by atoms with Crippen LogP contribution in [0.3, 0.4) is 0 Å². The zero-order valence-electron chi connectivity index (χ0n) is 15.9. The quantitative estimate of drug-likeness (QED) is 0.626. The molecule has 0 radical (unpaired) electrons. The normalized spacial score (nSPS) is 17.2. The number of fused-ring (bicyclic) bond motifs is 3. The highest BCUT2D eigenvalue weighted by Crippen LogP contribution is 2.31. The fraction of sp³-hybridized carbons (Fsp3) is 0.316. The smallest absolute Gasteiger partial charge is 0.352 e. The average molecular weight is 417 g/mol. The fourth-order valence-electron chi connectivity index (χ4n) is 3.57. The number of nitrogens with zero attached hydrogens (tertiary/aromatic N) is 5. The van der Waals surface area contributed by atoms with Crippen molar-refractivity contribution in [3.63, 3.8) is 0 Å². The van der Waals surface area contributed by atoms with Crippen LogP contribution in [0, 0.1) is 11.6 Å². The van der Waals surface area contributed by atoms with Crippen LogP contribution in [0.25, 0.3) is 0 Å². The van der Waals surface area contributed by atoms with Crippen molar-refractivity contribution in [2.75, 3.05) is 18.2 Å². The minimum Gasteiger partial charge on any atom is -0.473 e. The molecule has 11 heteroatoms. The highest BCUT2D eigenvalue weighted by atomic mass is 19.1. The molecule has 0 amide bonds. The summed E-state index contributed by atoms with van der Waals surface area (Å²) in [6, 6.07) is 3.95. The van der Waals surface area contributed by atoms with Crippen molar-refractivity contribution in [2.24, 2.45) is 7.05 Å². The van der Waals surface area contributed by atoms with Crippen LogP contribution >= 0.6 is 0 Å². The number of anilines is 1. The lowest BCUT2D eigenvalue weighted by Crippen LogP contribution is -2.26. The van der Waals surface area contributed by atoms with Gasteiger partial charge in [-0.1, -0.05) is 0 Å². The largest absolute Gasteiger partial charge is 0.473 e. The van der Waals surface area contributed by atoms with Crippen LogP contribution in [0.4, 0.5) is 14.6 Å². The van der Waals surface area contributed by atoms with Crippen molar-refractivity contribution in [2.45, 2.75) is 19.2 Å². The van der Waals surface area contributed by atoms with Crippen LogP contribution in [-0.4, -0.2) is 38.7 Å². The molecule has 0 aliphatic carbocycles. The van der Waals surface area contributed by atoms with Gasteiger partial charge in [-0.25, -0.2) is 13.6 Å². The maximum atomic E-state index is 14.4. The number of benzene rings is 1. The second-order valence-corrected chi connectivity index (χ2v) is 7.10. The van der Waals surface area contributed by atoms with Crippen LogP contribution in [0.1, 0.15) is 5.56 Å². The van der Waals surface area contributed by atoms with Crippen molar-refractivity contribution in [1.29, 1.82) is 0 Å². The third kappa shape index (κ3) is 3.26.